The topological polar surface area (TPSA) is 107 Å². The number of unbranched alkanes of at least 4 members (excludes halogenated alkanes) is 7. The van der Waals surface area contributed by atoms with Crippen LogP contribution in [0.5, 0.6) is 0 Å². The molecular weight excluding hydrogens is 288 g/mol. The minimum atomic E-state index is -1.53. The molecule has 0 aliphatic rings. The van der Waals surface area contributed by atoms with Gasteiger partial charge in [0.2, 0.25) is 0 Å². The first-order valence-corrected chi connectivity index (χ1v) is 8.30. The van der Waals surface area contributed by atoms with Crippen LogP contribution in [0.4, 0.5) is 0 Å². The Kier molecular flexibility index (Phi) is 13.7. The molecular formula is C16H32O6. The zero-order valence-electron chi connectivity index (χ0n) is 13.6. The van der Waals surface area contributed by atoms with Crippen molar-refractivity contribution in [3.05, 3.63) is 0 Å². The zero-order valence-corrected chi connectivity index (χ0v) is 13.6. The van der Waals surface area contributed by atoms with Crippen LogP contribution in [0, 0.1) is 0 Å². The Morgan fingerprint density at radius 1 is 0.955 bits per heavy atom. The smallest absolute Gasteiger partial charge is 0.189 e. The average molecular weight is 320 g/mol. The summed E-state index contributed by atoms with van der Waals surface area (Å²) in [5, 5.41) is 36.8. The van der Waals surface area contributed by atoms with Gasteiger partial charge in [0.05, 0.1) is 6.61 Å². The lowest BCUT2D eigenvalue weighted by atomic mass is 10.0. The SMILES string of the molecule is CCCCCCCCCCO[C@H](C(=O)CO)[C@H](O)[C@H](O)CO. The number of carbonyl (C=O) groups excluding carboxylic acids is 1. The van der Waals surface area contributed by atoms with Crippen molar-refractivity contribution in [1.82, 2.24) is 0 Å². The molecule has 0 unspecified atom stereocenters. The number of ketones is 1. The second-order valence-electron chi connectivity index (χ2n) is 5.63. The Morgan fingerprint density at radius 3 is 2.00 bits per heavy atom. The van der Waals surface area contributed by atoms with Crippen LogP contribution in [0.15, 0.2) is 0 Å². The van der Waals surface area contributed by atoms with Gasteiger partial charge < -0.3 is 25.2 Å². The summed E-state index contributed by atoms with van der Waals surface area (Å²) in [7, 11) is 0. The molecule has 0 spiro atoms. The first-order valence-electron chi connectivity index (χ1n) is 8.30. The van der Waals surface area contributed by atoms with E-state index in [2.05, 4.69) is 6.92 Å². The molecule has 0 rings (SSSR count). The summed E-state index contributed by atoms with van der Waals surface area (Å²) < 4.78 is 5.29. The molecule has 0 amide bonds. The van der Waals surface area contributed by atoms with E-state index in [4.69, 9.17) is 14.9 Å². The van der Waals surface area contributed by atoms with Crippen LogP contribution in [-0.2, 0) is 9.53 Å². The second-order valence-corrected chi connectivity index (χ2v) is 5.63. The van der Waals surface area contributed by atoms with Crippen molar-refractivity contribution in [2.45, 2.75) is 76.6 Å². The lowest BCUT2D eigenvalue weighted by molar-refractivity contribution is -0.150. The fourth-order valence-corrected chi connectivity index (χ4v) is 2.23. The monoisotopic (exact) mass is 320 g/mol. The molecule has 0 aliphatic carbocycles. The second kappa shape index (κ2) is 14.1. The number of hydrogen-bond donors (Lipinski definition) is 4. The predicted octanol–water partition coefficient (Wildman–Crippen LogP) is 0.788. The molecule has 6 nitrogen and oxygen atoms in total. The molecule has 0 aromatic heterocycles. The molecule has 0 aliphatic heterocycles. The standard InChI is InChI=1S/C16H32O6/c1-2-3-4-5-6-7-8-9-10-22-16(14(20)12-18)15(21)13(19)11-17/h13,15-19,21H,2-12H2,1H3/t13-,15-,16-/m1/s1. The maximum Gasteiger partial charge on any atom is 0.189 e. The van der Waals surface area contributed by atoms with E-state index >= 15 is 0 Å². The summed E-state index contributed by atoms with van der Waals surface area (Å²) in [6.45, 7) is 1.03. The molecule has 0 aromatic carbocycles. The highest BCUT2D eigenvalue weighted by molar-refractivity contribution is 5.84. The van der Waals surface area contributed by atoms with Gasteiger partial charge in [0.25, 0.3) is 0 Å². The number of Topliss-reactive ketones (excluding diaryl/α,β-unsaturated/α-hetero) is 1. The van der Waals surface area contributed by atoms with Crippen LogP contribution < -0.4 is 0 Å². The van der Waals surface area contributed by atoms with E-state index in [1.165, 1.54) is 32.1 Å². The van der Waals surface area contributed by atoms with Gasteiger partial charge in [-0.15, -0.1) is 0 Å². The van der Waals surface area contributed by atoms with E-state index in [-0.39, 0.29) is 6.61 Å². The van der Waals surface area contributed by atoms with Gasteiger partial charge in [-0.3, -0.25) is 4.79 Å². The summed E-state index contributed by atoms with van der Waals surface area (Å²) in [5.41, 5.74) is 0. The minimum Gasteiger partial charge on any atom is -0.394 e. The van der Waals surface area contributed by atoms with E-state index in [1.807, 2.05) is 0 Å². The van der Waals surface area contributed by atoms with Gasteiger partial charge in [-0.2, -0.15) is 0 Å². The normalized spacial score (nSPS) is 15.5. The molecule has 0 heterocycles. The predicted molar refractivity (Wildman–Crippen MR) is 83.5 cm³/mol. The summed E-state index contributed by atoms with van der Waals surface area (Å²) in [6.07, 6.45) is 4.76. The van der Waals surface area contributed by atoms with Crippen LogP contribution in [-0.4, -0.2) is 64.3 Å². The highest BCUT2D eigenvalue weighted by atomic mass is 16.5. The molecule has 0 bridgehead atoms. The molecule has 0 fully saturated rings. The highest BCUT2D eigenvalue weighted by Crippen LogP contribution is 2.11. The average Bonchev–Trinajstić information content (AvgIpc) is 2.54. The van der Waals surface area contributed by atoms with Gasteiger partial charge in [0.15, 0.2) is 5.78 Å². The lowest BCUT2D eigenvalue weighted by Crippen LogP contribution is -2.46. The van der Waals surface area contributed by atoms with Crippen LogP contribution in [0.3, 0.4) is 0 Å². The molecule has 0 radical (unpaired) electrons. The molecule has 3 atom stereocenters. The molecule has 22 heavy (non-hydrogen) atoms. The van der Waals surface area contributed by atoms with Gasteiger partial charge in [-0.1, -0.05) is 51.9 Å². The van der Waals surface area contributed by atoms with Crippen molar-refractivity contribution in [1.29, 1.82) is 0 Å². The van der Waals surface area contributed by atoms with Crippen molar-refractivity contribution in [2.75, 3.05) is 19.8 Å². The fraction of sp³-hybridized carbons (Fsp3) is 0.938. The molecule has 0 saturated carbocycles. The van der Waals surface area contributed by atoms with Gasteiger partial charge in [0.1, 0.15) is 24.9 Å². The van der Waals surface area contributed by atoms with Gasteiger partial charge >= 0.3 is 0 Å². The Hall–Kier alpha value is -0.530. The van der Waals surface area contributed by atoms with Gasteiger partial charge in [0, 0.05) is 6.61 Å². The van der Waals surface area contributed by atoms with E-state index in [0.717, 1.165) is 19.3 Å². The van der Waals surface area contributed by atoms with Crippen LogP contribution >= 0.6 is 0 Å². The Bertz CT molecular complexity index is 271. The van der Waals surface area contributed by atoms with Crippen LogP contribution in [0.1, 0.15) is 58.3 Å². The molecule has 0 saturated heterocycles. The van der Waals surface area contributed by atoms with Crippen LogP contribution in [0.2, 0.25) is 0 Å². The first kappa shape index (κ1) is 21.5. The van der Waals surface area contributed by atoms with Crippen molar-refractivity contribution < 1.29 is 30.0 Å². The number of hydrogen-bond acceptors (Lipinski definition) is 6. The van der Waals surface area contributed by atoms with Gasteiger partial charge in [-0.25, -0.2) is 0 Å². The third kappa shape index (κ3) is 9.48. The fourth-order valence-electron chi connectivity index (χ4n) is 2.23. The number of rotatable bonds is 15. The number of aliphatic hydroxyl groups is 4. The van der Waals surface area contributed by atoms with Crippen molar-refractivity contribution in [2.24, 2.45) is 0 Å². The Labute approximate surface area is 133 Å². The van der Waals surface area contributed by atoms with E-state index in [9.17, 15) is 15.0 Å². The van der Waals surface area contributed by atoms with E-state index in [1.54, 1.807) is 0 Å². The zero-order chi connectivity index (χ0) is 16.8. The van der Waals surface area contributed by atoms with Crippen molar-refractivity contribution in [3.63, 3.8) is 0 Å². The Morgan fingerprint density at radius 2 is 1.50 bits per heavy atom. The van der Waals surface area contributed by atoms with Crippen molar-refractivity contribution in [3.8, 4) is 0 Å². The summed E-state index contributed by atoms with van der Waals surface area (Å²) in [4.78, 5) is 11.5. The summed E-state index contributed by atoms with van der Waals surface area (Å²) in [5.74, 6) is -0.695. The molecule has 4 N–H and O–H groups in total. The molecule has 0 aromatic rings. The van der Waals surface area contributed by atoms with Crippen molar-refractivity contribution >= 4 is 5.78 Å². The third-order valence-electron chi connectivity index (χ3n) is 3.66. The summed E-state index contributed by atoms with van der Waals surface area (Å²) in [6, 6.07) is 0. The van der Waals surface area contributed by atoms with Gasteiger partial charge in [-0.05, 0) is 6.42 Å². The van der Waals surface area contributed by atoms with E-state index < -0.39 is 37.3 Å². The number of aliphatic hydroxyl groups excluding tert-OH is 4. The largest absolute Gasteiger partial charge is 0.394 e. The number of ether oxygens (including phenoxy) is 1. The summed E-state index contributed by atoms with van der Waals surface area (Å²) >= 11 is 0. The number of carbonyl (C=O) groups is 1. The first-order chi connectivity index (χ1) is 10.6. The highest BCUT2D eigenvalue weighted by Gasteiger charge is 2.31. The Balaban J connectivity index is 3.88. The third-order valence-corrected chi connectivity index (χ3v) is 3.66. The van der Waals surface area contributed by atoms with Crippen LogP contribution in [0.25, 0.3) is 0 Å². The maximum atomic E-state index is 11.5. The molecule has 132 valence electrons. The maximum absolute atomic E-state index is 11.5. The minimum absolute atomic E-state index is 0.278. The quantitative estimate of drug-likeness (QED) is 0.332. The molecule has 6 heteroatoms. The lowest BCUT2D eigenvalue weighted by Gasteiger charge is -2.24. The van der Waals surface area contributed by atoms with E-state index in [0.29, 0.717) is 0 Å².